The third-order valence-electron chi connectivity index (χ3n) is 4.40. The minimum Gasteiger partial charge on any atom is -0.376 e. The molecule has 0 aliphatic carbocycles. The van der Waals surface area contributed by atoms with Gasteiger partial charge in [-0.25, -0.2) is 0 Å². The number of aryl methyl sites for hydroxylation is 1. The van der Waals surface area contributed by atoms with E-state index < -0.39 is 0 Å². The van der Waals surface area contributed by atoms with Crippen LogP contribution in [0, 0.1) is 6.92 Å². The highest BCUT2D eigenvalue weighted by atomic mass is 32.1. The summed E-state index contributed by atoms with van der Waals surface area (Å²) in [6.45, 7) is 3.18. The summed E-state index contributed by atoms with van der Waals surface area (Å²) in [6.07, 6.45) is 2.09. The number of hydrogen-bond donors (Lipinski definition) is 3. The Hall–Kier alpha value is -2.77. The molecule has 1 aliphatic rings. The van der Waals surface area contributed by atoms with Crippen LogP contribution >= 0.6 is 12.2 Å². The van der Waals surface area contributed by atoms with Crippen molar-refractivity contribution in [3.05, 3.63) is 65.2 Å². The highest BCUT2D eigenvalue weighted by molar-refractivity contribution is 7.80. The molecule has 0 spiro atoms. The van der Waals surface area contributed by atoms with Crippen LogP contribution in [0.4, 0.5) is 5.69 Å². The lowest BCUT2D eigenvalue weighted by atomic mass is 10.1. The molecular weight excluding hydrogens is 374 g/mol. The summed E-state index contributed by atoms with van der Waals surface area (Å²) in [5, 5.41) is 8.65. The standard InChI is InChI=1S/C21H23N3O3S/c1-14-5-2-6-15(11-14)20(26)24-21(28)23-17-8-3-7-16(12-17)19(25)22-13-18-9-4-10-27-18/h2-3,5-8,11-12,18H,4,9-10,13H2,1H3,(H,22,25)(H2,23,24,26,28)/t18-/m1/s1. The second-order valence-electron chi connectivity index (χ2n) is 6.70. The second-order valence-corrected chi connectivity index (χ2v) is 7.11. The molecule has 1 atom stereocenters. The molecule has 0 unspecified atom stereocenters. The number of thiocarbonyl (C=S) groups is 1. The highest BCUT2D eigenvalue weighted by Gasteiger charge is 2.17. The van der Waals surface area contributed by atoms with Crippen molar-refractivity contribution in [2.75, 3.05) is 18.5 Å². The molecule has 0 radical (unpaired) electrons. The van der Waals surface area contributed by atoms with Crippen LogP contribution in [0.25, 0.3) is 0 Å². The molecule has 2 aromatic carbocycles. The normalized spacial score (nSPS) is 15.7. The van der Waals surface area contributed by atoms with Crippen molar-refractivity contribution >= 4 is 34.8 Å². The molecule has 1 saturated heterocycles. The molecule has 1 aliphatic heterocycles. The van der Waals surface area contributed by atoms with E-state index in [4.69, 9.17) is 17.0 Å². The molecule has 1 heterocycles. The van der Waals surface area contributed by atoms with Crippen molar-refractivity contribution < 1.29 is 14.3 Å². The van der Waals surface area contributed by atoms with Gasteiger partial charge in [0, 0.05) is 30.0 Å². The van der Waals surface area contributed by atoms with Crippen LogP contribution in [-0.4, -0.2) is 36.2 Å². The zero-order valence-electron chi connectivity index (χ0n) is 15.7. The van der Waals surface area contributed by atoms with Gasteiger partial charge in [0.2, 0.25) is 0 Å². The topological polar surface area (TPSA) is 79.5 Å². The molecule has 7 heteroatoms. The summed E-state index contributed by atoms with van der Waals surface area (Å²) in [7, 11) is 0. The summed E-state index contributed by atoms with van der Waals surface area (Å²) in [5.41, 5.74) is 2.66. The molecule has 2 amide bonds. The van der Waals surface area contributed by atoms with Crippen molar-refractivity contribution in [1.29, 1.82) is 0 Å². The number of carbonyl (C=O) groups is 2. The molecule has 0 saturated carbocycles. The lowest BCUT2D eigenvalue weighted by Crippen LogP contribution is -2.34. The monoisotopic (exact) mass is 397 g/mol. The number of ether oxygens (including phenoxy) is 1. The van der Waals surface area contributed by atoms with Crippen molar-refractivity contribution in [3.63, 3.8) is 0 Å². The molecule has 146 valence electrons. The molecule has 1 fully saturated rings. The summed E-state index contributed by atoms with van der Waals surface area (Å²) in [5.74, 6) is -0.458. The fourth-order valence-electron chi connectivity index (χ4n) is 2.98. The zero-order valence-corrected chi connectivity index (χ0v) is 16.5. The third kappa shape index (κ3) is 5.61. The van der Waals surface area contributed by atoms with Crippen LogP contribution in [-0.2, 0) is 4.74 Å². The maximum Gasteiger partial charge on any atom is 0.257 e. The van der Waals surface area contributed by atoms with Gasteiger partial charge in [0.15, 0.2) is 5.11 Å². The number of anilines is 1. The van der Waals surface area contributed by atoms with Gasteiger partial charge in [0.05, 0.1) is 6.10 Å². The van der Waals surface area contributed by atoms with E-state index in [2.05, 4.69) is 16.0 Å². The van der Waals surface area contributed by atoms with E-state index >= 15 is 0 Å². The number of benzene rings is 2. The van der Waals surface area contributed by atoms with Gasteiger partial charge in [0.1, 0.15) is 0 Å². The molecular formula is C21H23N3O3S. The Morgan fingerprint density at radius 3 is 2.57 bits per heavy atom. The largest absolute Gasteiger partial charge is 0.376 e. The summed E-state index contributed by atoms with van der Waals surface area (Å²) in [4.78, 5) is 24.6. The SMILES string of the molecule is Cc1cccc(C(=O)NC(=S)Nc2cccc(C(=O)NC[C@H]3CCCO3)c2)c1. The van der Waals surface area contributed by atoms with Crippen LogP contribution in [0.3, 0.4) is 0 Å². The van der Waals surface area contributed by atoms with E-state index in [-0.39, 0.29) is 23.0 Å². The number of nitrogens with one attached hydrogen (secondary N) is 3. The van der Waals surface area contributed by atoms with E-state index in [0.29, 0.717) is 23.4 Å². The number of hydrogen-bond acceptors (Lipinski definition) is 4. The van der Waals surface area contributed by atoms with Gasteiger partial charge in [-0.1, -0.05) is 23.8 Å². The predicted octanol–water partition coefficient (Wildman–Crippen LogP) is 3.03. The summed E-state index contributed by atoms with van der Waals surface area (Å²) in [6, 6.07) is 14.2. The molecule has 3 N–H and O–H groups in total. The lowest BCUT2D eigenvalue weighted by molar-refractivity contribution is 0.0857. The maximum absolute atomic E-state index is 12.3. The molecule has 28 heavy (non-hydrogen) atoms. The van der Waals surface area contributed by atoms with E-state index in [1.807, 2.05) is 19.1 Å². The van der Waals surface area contributed by atoms with E-state index in [9.17, 15) is 9.59 Å². The third-order valence-corrected chi connectivity index (χ3v) is 4.61. The molecule has 2 aromatic rings. The first-order valence-electron chi connectivity index (χ1n) is 9.20. The zero-order chi connectivity index (χ0) is 19.9. The Bertz CT molecular complexity index is 879. The van der Waals surface area contributed by atoms with E-state index in [1.54, 1.807) is 36.4 Å². The summed E-state index contributed by atoms with van der Waals surface area (Å²) >= 11 is 5.22. The highest BCUT2D eigenvalue weighted by Crippen LogP contribution is 2.13. The van der Waals surface area contributed by atoms with Crippen LogP contribution in [0.15, 0.2) is 48.5 Å². The molecule has 6 nitrogen and oxygen atoms in total. The Labute approximate surface area is 169 Å². The Balaban J connectivity index is 1.55. The molecule has 0 bridgehead atoms. The first-order chi connectivity index (χ1) is 13.5. The quantitative estimate of drug-likeness (QED) is 0.676. The average Bonchev–Trinajstić information content (AvgIpc) is 3.20. The van der Waals surface area contributed by atoms with E-state index in [1.165, 1.54) is 0 Å². The van der Waals surface area contributed by atoms with E-state index in [0.717, 1.165) is 25.0 Å². The van der Waals surface area contributed by atoms with Crippen LogP contribution in [0.5, 0.6) is 0 Å². The van der Waals surface area contributed by atoms with Gasteiger partial charge >= 0.3 is 0 Å². The summed E-state index contributed by atoms with van der Waals surface area (Å²) < 4.78 is 5.51. The predicted molar refractivity (Wildman–Crippen MR) is 113 cm³/mol. The number of amides is 2. The Morgan fingerprint density at radius 1 is 1.11 bits per heavy atom. The maximum atomic E-state index is 12.3. The van der Waals surface area contributed by atoms with Gasteiger partial charge in [-0.15, -0.1) is 0 Å². The van der Waals surface area contributed by atoms with Crippen LogP contribution < -0.4 is 16.0 Å². The Morgan fingerprint density at radius 2 is 1.86 bits per heavy atom. The smallest absolute Gasteiger partial charge is 0.257 e. The Kier molecular flexibility index (Phi) is 6.73. The minimum absolute atomic E-state index is 0.0923. The number of rotatable bonds is 5. The first kappa shape index (κ1) is 20.0. The molecule has 0 aromatic heterocycles. The van der Waals surface area contributed by atoms with Gasteiger partial charge in [-0.05, 0) is 62.3 Å². The average molecular weight is 398 g/mol. The fourth-order valence-corrected chi connectivity index (χ4v) is 3.19. The second kappa shape index (κ2) is 9.43. The molecule has 3 rings (SSSR count). The van der Waals surface area contributed by atoms with Crippen molar-refractivity contribution in [3.8, 4) is 0 Å². The van der Waals surface area contributed by atoms with Gasteiger partial charge in [-0.3, -0.25) is 14.9 Å². The fraction of sp³-hybridized carbons (Fsp3) is 0.286. The lowest BCUT2D eigenvalue weighted by Gasteiger charge is -2.13. The van der Waals surface area contributed by atoms with Crippen molar-refractivity contribution in [2.45, 2.75) is 25.9 Å². The van der Waals surface area contributed by atoms with Crippen LogP contribution in [0.1, 0.15) is 39.1 Å². The van der Waals surface area contributed by atoms with Crippen molar-refractivity contribution in [2.24, 2.45) is 0 Å². The van der Waals surface area contributed by atoms with Gasteiger partial charge in [-0.2, -0.15) is 0 Å². The minimum atomic E-state index is -0.285. The van der Waals surface area contributed by atoms with Gasteiger partial charge in [0.25, 0.3) is 11.8 Å². The number of carbonyl (C=O) groups excluding carboxylic acids is 2. The van der Waals surface area contributed by atoms with Gasteiger partial charge < -0.3 is 15.4 Å². The van der Waals surface area contributed by atoms with Crippen molar-refractivity contribution in [1.82, 2.24) is 10.6 Å². The first-order valence-corrected chi connectivity index (χ1v) is 9.61. The van der Waals surface area contributed by atoms with Crippen LogP contribution in [0.2, 0.25) is 0 Å².